The van der Waals surface area contributed by atoms with Gasteiger partial charge in [0.2, 0.25) is 5.95 Å². The van der Waals surface area contributed by atoms with E-state index in [2.05, 4.69) is 19.9 Å². The summed E-state index contributed by atoms with van der Waals surface area (Å²) in [6.07, 6.45) is 1.49. The number of anilines is 1. The summed E-state index contributed by atoms with van der Waals surface area (Å²) in [4.78, 5) is 14.9. The molecule has 0 amide bonds. The third-order valence-electron chi connectivity index (χ3n) is 2.38. The number of H-pyrrole nitrogens is 1. The zero-order valence-electron chi connectivity index (χ0n) is 9.39. The van der Waals surface area contributed by atoms with Gasteiger partial charge in [0.25, 0.3) is 5.88 Å². The van der Waals surface area contributed by atoms with E-state index in [1.165, 1.54) is 6.33 Å². The number of imidazole rings is 1. The van der Waals surface area contributed by atoms with Gasteiger partial charge in [0.05, 0.1) is 16.4 Å². The summed E-state index contributed by atoms with van der Waals surface area (Å²) in [5.74, 6) is 0.844. The van der Waals surface area contributed by atoms with Crippen LogP contribution in [0.25, 0.3) is 11.2 Å². The summed E-state index contributed by atoms with van der Waals surface area (Å²) < 4.78 is 5.62. The van der Waals surface area contributed by atoms with Crippen molar-refractivity contribution in [1.82, 2.24) is 19.9 Å². The van der Waals surface area contributed by atoms with Crippen LogP contribution in [0.3, 0.4) is 0 Å². The molecule has 3 rings (SSSR count). The highest BCUT2D eigenvalue weighted by Crippen LogP contribution is 2.30. The Balaban J connectivity index is 2.04. The zero-order valence-corrected chi connectivity index (χ0v) is 10.9. The molecule has 19 heavy (non-hydrogen) atoms. The molecule has 0 atom stereocenters. The van der Waals surface area contributed by atoms with Crippen LogP contribution in [-0.4, -0.2) is 19.9 Å². The topological polar surface area (TPSA) is 89.7 Å². The minimum absolute atomic E-state index is 0.0784. The van der Waals surface area contributed by atoms with Gasteiger partial charge in [-0.3, -0.25) is 0 Å². The quantitative estimate of drug-likeness (QED) is 0.758. The molecule has 8 heteroatoms. The Morgan fingerprint density at radius 2 is 2.00 bits per heavy atom. The molecular weight excluding hydrogens is 289 g/mol. The predicted octanol–water partition coefficient (Wildman–Crippen LogP) is 3.03. The largest absolute Gasteiger partial charge is 0.437 e. The van der Waals surface area contributed by atoms with Gasteiger partial charge in [-0.05, 0) is 12.1 Å². The summed E-state index contributed by atoms with van der Waals surface area (Å²) >= 11 is 11.8. The van der Waals surface area contributed by atoms with Gasteiger partial charge in [-0.1, -0.05) is 23.2 Å². The van der Waals surface area contributed by atoms with Crippen molar-refractivity contribution in [3.8, 4) is 11.6 Å². The van der Waals surface area contributed by atoms with Crippen molar-refractivity contribution in [3.05, 3.63) is 34.6 Å². The molecule has 2 heterocycles. The molecule has 0 unspecified atom stereocenters. The second kappa shape index (κ2) is 4.56. The van der Waals surface area contributed by atoms with Gasteiger partial charge in [-0.25, -0.2) is 4.98 Å². The van der Waals surface area contributed by atoms with Crippen LogP contribution >= 0.6 is 23.2 Å². The van der Waals surface area contributed by atoms with Crippen LogP contribution in [0.15, 0.2) is 24.5 Å². The van der Waals surface area contributed by atoms with Crippen LogP contribution in [0.4, 0.5) is 5.95 Å². The number of nitrogen functional groups attached to an aromatic ring is 1. The lowest BCUT2D eigenvalue weighted by Crippen LogP contribution is -1.98. The third-order valence-corrected chi connectivity index (χ3v) is 3.11. The molecule has 0 fully saturated rings. The second-order valence-corrected chi connectivity index (χ2v) is 4.48. The van der Waals surface area contributed by atoms with Crippen LogP contribution in [0.5, 0.6) is 11.6 Å². The minimum Gasteiger partial charge on any atom is -0.437 e. The van der Waals surface area contributed by atoms with E-state index in [0.717, 1.165) is 0 Å². The van der Waals surface area contributed by atoms with Crippen LogP contribution in [-0.2, 0) is 0 Å². The van der Waals surface area contributed by atoms with Crippen molar-refractivity contribution in [3.63, 3.8) is 0 Å². The number of aromatic nitrogens is 4. The van der Waals surface area contributed by atoms with Gasteiger partial charge < -0.3 is 15.5 Å². The van der Waals surface area contributed by atoms with E-state index in [4.69, 9.17) is 33.7 Å². The summed E-state index contributed by atoms with van der Waals surface area (Å²) in [7, 11) is 0. The van der Waals surface area contributed by atoms with Gasteiger partial charge in [0.1, 0.15) is 11.3 Å². The summed E-state index contributed by atoms with van der Waals surface area (Å²) in [6.45, 7) is 0. The van der Waals surface area contributed by atoms with E-state index < -0.39 is 0 Å². The summed E-state index contributed by atoms with van der Waals surface area (Å²) in [6, 6.07) is 4.90. The first kappa shape index (κ1) is 12.0. The van der Waals surface area contributed by atoms with E-state index in [0.29, 0.717) is 27.0 Å². The molecular formula is C11H7Cl2N5O. The zero-order chi connectivity index (χ0) is 13.4. The van der Waals surface area contributed by atoms with Gasteiger partial charge >= 0.3 is 0 Å². The Morgan fingerprint density at radius 3 is 2.79 bits per heavy atom. The number of hydrogen-bond donors (Lipinski definition) is 2. The number of benzene rings is 1. The van der Waals surface area contributed by atoms with Crippen molar-refractivity contribution in [2.75, 3.05) is 5.73 Å². The van der Waals surface area contributed by atoms with E-state index in [9.17, 15) is 0 Å². The van der Waals surface area contributed by atoms with E-state index >= 15 is 0 Å². The molecule has 0 radical (unpaired) electrons. The molecule has 3 aromatic rings. The average molecular weight is 296 g/mol. The number of rotatable bonds is 2. The molecule has 0 aliphatic rings. The Bertz CT molecular complexity index is 758. The standard InChI is InChI=1S/C11H7Cl2N5O/c12-6-2-1-5(3-7(6)13)19-10-8-9(16-4-15-8)17-11(14)18-10/h1-4H,(H3,14,15,16,17,18). The molecule has 0 bridgehead atoms. The third kappa shape index (κ3) is 2.27. The maximum Gasteiger partial charge on any atom is 0.250 e. The number of hydrogen-bond acceptors (Lipinski definition) is 5. The van der Waals surface area contributed by atoms with E-state index in [1.807, 2.05) is 0 Å². The number of ether oxygens (including phenoxy) is 1. The van der Waals surface area contributed by atoms with Gasteiger partial charge in [-0.2, -0.15) is 9.97 Å². The van der Waals surface area contributed by atoms with Crippen molar-refractivity contribution in [2.24, 2.45) is 0 Å². The number of nitrogens with two attached hydrogens (primary N) is 1. The Labute approximate surface area is 117 Å². The van der Waals surface area contributed by atoms with Crippen LogP contribution < -0.4 is 10.5 Å². The lowest BCUT2D eigenvalue weighted by molar-refractivity contribution is 0.468. The Hall–Kier alpha value is -2.05. The number of aromatic amines is 1. The SMILES string of the molecule is Nc1nc(Oc2ccc(Cl)c(Cl)c2)c2[nH]cnc2n1. The van der Waals surface area contributed by atoms with Gasteiger partial charge in [-0.15, -0.1) is 0 Å². The monoisotopic (exact) mass is 295 g/mol. The van der Waals surface area contributed by atoms with Crippen molar-refractivity contribution < 1.29 is 4.74 Å². The highest BCUT2D eigenvalue weighted by Gasteiger charge is 2.11. The van der Waals surface area contributed by atoms with Crippen LogP contribution in [0.1, 0.15) is 0 Å². The lowest BCUT2D eigenvalue weighted by Gasteiger charge is -2.06. The predicted molar refractivity (Wildman–Crippen MR) is 72.6 cm³/mol. The molecule has 96 valence electrons. The highest BCUT2D eigenvalue weighted by molar-refractivity contribution is 6.42. The first-order valence-corrected chi connectivity index (χ1v) is 5.98. The number of nitrogens with one attached hydrogen (secondary N) is 1. The number of nitrogens with zero attached hydrogens (tertiary/aromatic N) is 3. The molecule has 0 aliphatic heterocycles. The summed E-state index contributed by atoms with van der Waals surface area (Å²) in [5, 5.41) is 0.838. The minimum atomic E-state index is 0.0784. The molecule has 6 nitrogen and oxygen atoms in total. The summed E-state index contributed by atoms with van der Waals surface area (Å²) in [5.41, 5.74) is 6.58. The van der Waals surface area contributed by atoms with Gasteiger partial charge in [0.15, 0.2) is 5.65 Å². The second-order valence-electron chi connectivity index (χ2n) is 3.67. The normalized spacial score (nSPS) is 10.8. The van der Waals surface area contributed by atoms with Gasteiger partial charge in [0, 0.05) is 6.07 Å². The fourth-order valence-electron chi connectivity index (χ4n) is 1.55. The van der Waals surface area contributed by atoms with Crippen molar-refractivity contribution >= 4 is 40.3 Å². The first-order valence-electron chi connectivity index (χ1n) is 5.23. The molecule has 0 saturated heterocycles. The first-order chi connectivity index (χ1) is 9.13. The Kier molecular flexibility index (Phi) is 2.88. The molecule has 0 aliphatic carbocycles. The fourth-order valence-corrected chi connectivity index (χ4v) is 1.84. The highest BCUT2D eigenvalue weighted by atomic mass is 35.5. The number of fused-ring (bicyclic) bond motifs is 1. The molecule has 3 N–H and O–H groups in total. The molecule has 0 saturated carbocycles. The lowest BCUT2D eigenvalue weighted by atomic mass is 10.3. The Morgan fingerprint density at radius 1 is 1.16 bits per heavy atom. The van der Waals surface area contributed by atoms with E-state index in [1.54, 1.807) is 18.2 Å². The molecule has 0 spiro atoms. The molecule has 2 aromatic heterocycles. The molecule has 1 aromatic carbocycles. The maximum absolute atomic E-state index is 5.92. The van der Waals surface area contributed by atoms with Crippen LogP contribution in [0, 0.1) is 0 Å². The average Bonchev–Trinajstić information content (AvgIpc) is 2.82. The van der Waals surface area contributed by atoms with E-state index in [-0.39, 0.29) is 11.8 Å². The fraction of sp³-hybridized carbons (Fsp3) is 0. The van der Waals surface area contributed by atoms with Crippen molar-refractivity contribution in [2.45, 2.75) is 0 Å². The van der Waals surface area contributed by atoms with Crippen LogP contribution in [0.2, 0.25) is 10.0 Å². The number of halogens is 2. The maximum atomic E-state index is 5.92. The van der Waals surface area contributed by atoms with Crippen molar-refractivity contribution in [1.29, 1.82) is 0 Å². The smallest absolute Gasteiger partial charge is 0.250 e.